The molecule has 10 nitrogen and oxygen atoms in total. The fraction of sp³-hybridized carbons (Fsp3) is 0.500. The smallest absolute Gasteiger partial charge is 0.319 e. The van der Waals surface area contributed by atoms with E-state index in [2.05, 4.69) is 56.7 Å². The van der Waals surface area contributed by atoms with Crippen molar-refractivity contribution in [2.24, 2.45) is 10.4 Å². The minimum Gasteiger partial charge on any atom is -0.463 e. The van der Waals surface area contributed by atoms with Crippen molar-refractivity contribution >= 4 is 49.9 Å². The summed E-state index contributed by atoms with van der Waals surface area (Å²) in [5, 5.41) is 14.6. The van der Waals surface area contributed by atoms with E-state index in [0.29, 0.717) is 42.5 Å². The van der Waals surface area contributed by atoms with Gasteiger partial charge in [-0.25, -0.2) is 8.78 Å². The molecule has 244 valence electrons. The average molecular weight is 659 g/mol. The number of benzene rings is 1. The summed E-state index contributed by atoms with van der Waals surface area (Å²) in [4.78, 5) is 22.7. The number of anilines is 1. The maximum absolute atomic E-state index is 16.8. The van der Waals surface area contributed by atoms with Crippen LogP contribution in [0.2, 0.25) is 0 Å². The van der Waals surface area contributed by atoms with Crippen molar-refractivity contribution in [1.29, 1.82) is 5.26 Å². The molecule has 0 spiro atoms. The lowest BCUT2D eigenvalue weighted by Crippen LogP contribution is -2.51. The van der Waals surface area contributed by atoms with Crippen LogP contribution in [0.3, 0.4) is 0 Å². The van der Waals surface area contributed by atoms with Crippen molar-refractivity contribution in [1.82, 2.24) is 25.2 Å². The van der Waals surface area contributed by atoms with Crippen LogP contribution in [0, 0.1) is 28.4 Å². The van der Waals surface area contributed by atoms with Gasteiger partial charge in [0.2, 0.25) is 0 Å². The number of piperazine rings is 1. The summed E-state index contributed by atoms with van der Waals surface area (Å²) in [6, 6.07) is 5.93. The molecule has 13 heteroatoms. The number of hydrogen-bond donors (Lipinski definition) is 1. The third-order valence-corrected chi connectivity index (χ3v) is 11.3. The van der Waals surface area contributed by atoms with Crippen LogP contribution in [0.25, 0.3) is 32.2 Å². The molecule has 4 aromatic rings. The highest BCUT2D eigenvalue weighted by Gasteiger charge is 2.46. The number of pyridine rings is 1. The van der Waals surface area contributed by atoms with E-state index in [1.807, 2.05) is 0 Å². The molecule has 3 saturated heterocycles. The molecule has 0 amide bonds. The van der Waals surface area contributed by atoms with Gasteiger partial charge in [-0.3, -0.25) is 14.9 Å². The number of aromatic nitrogens is 3. The second-order valence-corrected chi connectivity index (χ2v) is 14.6. The van der Waals surface area contributed by atoms with E-state index < -0.39 is 11.6 Å². The first-order chi connectivity index (χ1) is 22.8. The van der Waals surface area contributed by atoms with E-state index in [0.717, 1.165) is 63.2 Å². The second kappa shape index (κ2) is 11.7. The molecule has 1 aliphatic carbocycles. The molecular weight excluding hydrogens is 622 g/mol. The average Bonchev–Trinajstić information content (AvgIpc) is 3.60. The third kappa shape index (κ3) is 5.41. The van der Waals surface area contributed by atoms with Gasteiger partial charge in [0.1, 0.15) is 33.9 Å². The van der Waals surface area contributed by atoms with Gasteiger partial charge in [0.15, 0.2) is 5.82 Å². The van der Waals surface area contributed by atoms with E-state index in [1.165, 1.54) is 12.1 Å². The Bertz CT molecular complexity index is 1930. The molecule has 1 aromatic carbocycles. The van der Waals surface area contributed by atoms with Gasteiger partial charge in [0.25, 0.3) is 0 Å². The number of thiophene rings is 1. The van der Waals surface area contributed by atoms with Gasteiger partial charge in [-0.2, -0.15) is 15.2 Å². The Kier molecular flexibility index (Phi) is 7.59. The molecule has 4 atom stereocenters. The van der Waals surface area contributed by atoms with Crippen molar-refractivity contribution in [3.63, 3.8) is 0 Å². The summed E-state index contributed by atoms with van der Waals surface area (Å²) in [6.45, 7) is 12.2. The molecule has 1 N–H and O–H groups in total. The third-order valence-electron chi connectivity index (χ3n) is 10.2. The zero-order valence-electron chi connectivity index (χ0n) is 26.4. The van der Waals surface area contributed by atoms with Gasteiger partial charge in [-0.05, 0) is 58.4 Å². The van der Waals surface area contributed by atoms with Gasteiger partial charge in [0, 0.05) is 66.9 Å². The number of nitrogens with zero attached hydrogens (tertiary/aromatic N) is 7. The summed E-state index contributed by atoms with van der Waals surface area (Å²) >= 11 is 1.01. The van der Waals surface area contributed by atoms with Gasteiger partial charge in [-0.1, -0.05) is 0 Å². The lowest BCUT2D eigenvalue weighted by molar-refractivity contribution is -0.0580. The first-order valence-corrected chi connectivity index (χ1v) is 17.1. The normalized spacial score (nSPS) is 25.3. The van der Waals surface area contributed by atoms with E-state index >= 15 is 4.39 Å². The fourth-order valence-electron chi connectivity index (χ4n) is 7.42. The topological polar surface area (TPSA) is 112 Å². The Balaban J connectivity index is 1.20. The molecule has 6 heterocycles. The van der Waals surface area contributed by atoms with Gasteiger partial charge >= 0.3 is 6.01 Å². The highest BCUT2D eigenvalue weighted by atomic mass is 32.1. The van der Waals surface area contributed by atoms with Gasteiger partial charge < -0.3 is 19.7 Å². The maximum atomic E-state index is 16.8. The number of nitriles is 1. The molecular formula is C34H36F2N8O2S. The van der Waals surface area contributed by atoms with Crippen LogP contribution < -0.4 is 15.0 Å². The SMILES string of the molecule is C=Nc1sc2c(F)ccc(-c3ncc4c(N5CC6CCC(C5)N6)nc(OCC5(CN6C[C@H](C)OC[C@H]6C)CC5)nc4c3F)c2c1C#N. The lowest BCUT2D eigenvalue weighted by atomic mass is 10.0. The van der Waals surface area contributed by atoms with E-state index in [9.17, 15) is 9.65 Å². The van der Waals surface area contributed by atoms with Crippen molar-refractivity contribution in [2.75, 3.05) is 44.3 Å². The number of aliphatic imine (C=N–C) groups is 1. The quantitative estimate of drug-likeness (QED) is 0.242. The van der Waals surface area contributed by atoms with Crippen LogP contribution in [-0.4, -0.2) is 90.2 Å². The zero-order chi connectivity index (χ0) is 32.4. The molecule has 4 aliphatic rings. The Morgan fingerprint density at radius 2 is 1.98 bits per heavy atom. The number of morpholine rings is 1. The van der Waals surface area contributed by atoms with Crippen LogP contribution in [0.15, 0.2) is 23.3 Å². The van der Waals surface area contributed by atoms with Gasteiger partial charge in [-0.15, -0.1) is 11.3 Å². The first kappa shape index (κ1) is 30.5. The Labute approximate surface area is 275 Å². The number of halogens is 2. The largest absolute Gasteiger partial charge is 0.463 e. The van der Waals surface area contributed by atoms with Crippen molar-refractivity contribution in [3.05, 3.63) is 35.5 Å². The molecule has 2 bridgehead atoms. The summed E-state index contributed by atoms with van der Waals surface area (Å²) in [6.07, 6.45) is 6.01. The predicted octanol–water partition coefficient (Wildman–Crippen LogP) is 5.60. The minimum absolute atomic E-state index is 0.0108. The van der Waals surface area contributed by atoms with Crippen LogP contribution in [0.1, 0.15) is 45.1 Å². The van der Waals surface area contributed by atoms with Crippen molar-refractivity contribution in [3.8, 4) is 23.3 Å². The summed E-state index contributed by atoms with van der Waals surface area (Å²) < 4.78 is 44.1. The van der Waals surface area contributed by atoms with E-state index in [1.54, 1.807) is 6.20 Å². The monoisotopic (exact) mass is 658 g/mol. The standard InChI is InChI=1S/C34H36F2N8O2S/c1-18-15-45-19(2)12-44(18)16-34(8-9-34)17-46-33-41-29-24(31(42-33)43-13-20-4-5-21(14-43)40-20)11-39-28(27(29)36)22-6-7-25(35)30-26(22)23(10-37)32(38-3)47-30/h6-7,11,18-21,40H,3-5,8-9,12-17H2,1-2H3/t18-,19+,20?,21?/m1/s1. The molecule has 47 heavy (non-hydrogen) atoms. The van der Waals surface area contributed by atoms with E-state index in [4.69, 9.17) is 14.5 Å². The zero-order valence-corrected chi connectivity index (χ0v) is 27.2. The van der Waals surface area contributed by atoms with Crippen molar-refractivity contribution < 1.29 is 18.3 Å². The Morgan fingerprint density at radius 3 is 2.70 bits per heavy atom. The van der Waals surface area contributed by atoms with Crippen LogP contribution in [0.4, 0.5) is 19.6 Å². The molecule has 3 aromatic heterocycles. The highest BCUT2D eigenvalue weighted by Crippen LogP contribution is 2.48. The Hall–Kier alpha value is -3.83. The molecule has 8 rings (SSSR count). The molecule has 2 unspecified atom stereocenters. The molecule has 1 saturated carbocycles. The first-order valence-electron chi connectivity index (χ1n) is 16.2. The lowest BCUT2D eigenvalue weighted by Gasteiger charge is -2.38. The predicted molar refractivity (Wildman–Crippen MR) is 178 cm³/mol. The minimum atomic E-state index is -0.678. The number of ether oxygens (including phenoxy) is 2. The Morgan fingerprint density at radius 1 is 1.19 bits per heavy atom. The molecule has 4 fully saturated rings. The fourth-order valence-corrected chi connectivity index (χ4v) is 8.41. The number of nitrogens with one attached hydrogen (secondary N) is 1. The van der Waals surface area contributed by atoms with Crippen LogP contribution >= 0.6 is 11.3 Å². The summed E-state index contributed by atoms with van der Waals surface area (Å²) in [7, 11) is 0. The number of fused-ring (bicyclic) bond motifs is 4. The molecule has 3 aliphatic heterocycles. The van der Waals surface area contributed by atoms with Crippen LogP contribution in [0.5, 0.6) is 6.01 Å². The van der Waals surface area contributed by atoms with Crippen molar-refractivity contribution in [2.45, 2.75) is 63.8 Å². The van der Waals surface area contributed by atoms with E-state index in [-0.39, 0.29) is 55.0 Å². The summed E-state index contributed by atoms with van der Waals surface area (Å²) in [5.74, 6) is -0.607. The van der Waals surface area contributed by atoms with Crippen LogP contribution in [-0.2, 0) is 4.74 Å². The number of hydrogen-bond acceptors (Lipinski definition) is 11. The number of rotatable bonds is 8. The highest BCUT2D eigenvalue weighted by molar-refractivity contribution is 7.23. The summed E-state index contributed by atoms with van der Waals surface area (Å²) in [5.41, 5.74) is 0.464. The molecule has 0 radical (unpaired) electrons. The second-order valence-electron chi connectivity index (χ2n) is 13.6. The van der Waals surface area contributed by atoms with Gasteiger partial charge in [0.05, 0.1) is 35.0 Å². The maximum Gasteiger partial charge on any atom is 0.319 e.